The summed E-state index contributed by atoms with van der Waals surface area (Å²) in [6.45, 7) is 0. The van der Waals surface area contributed by atoms with Gasteiger partial charge in [-0.2, -0.15) is 0 Å². The molecule has 0 aliphatic carbocycles. The van der Waals surface area contributed by atoms with Gasteiger partial charge in [-0.25, -0.2) is 4.39 Å². The number of halogens is 1. The van der Waals surface area contributed by atoms with Crippen LogP contribution in [0.4, 0.5) is 10.1 Å². The van der Waals surface area contributed by atoms with E-state index in [4.69, 9.17) is 5.73 Å². The lowest BCUT2D eigenvalue weighted by atomic mass is 10.00. The SMILES string of the molecule is Nc1ccc(F)cc1C(O)c1cnc2ccccc2c1. The van der Waals surface area contributed by atoms with Crippen LogP contribution < -0.4 is 5.73 Å². The zero-order valence-electron chi connectivity index (χ0n) is 10.6. The molecule has 4 heteroatoms. The first-order valence-corrected chi connectivity index (χ1v) is 6.23. The normalized spacial score (nSPS) is 12.5. The topological polar surface area (TPSA) is 59.1 Å². The minimum Gasteiger partial charge on any atom is -0.398 e. The minimum atomic E-state index is -0.997. The molecule has 3 nitrogen and oxygen atoms in total. The van der Waals surface area contributed by atoms with Gasteiger partial charge in [0.2, 0.25) is 0 Å². The third-order valence-electron chi connectivity index (χ3n) is 3.27. The molecule has 0 saturated carbocycles. The zero-order valence-corrected chi connectivity index (χ0v) is 10.6. The maximum Gasteiger partial charge on any atom is 0.123 e. The Bertz CT molecular complexity index is 773. The van der Waals surface area contributed by atoms with Crippen molar-refractivity contribution in [1.29, 1.82) is 0 Å². The molecule has 0 bridgehead atoms. The summed E-state index contributed by atoms with van der Waals surface area (Å²) in [7, 11) is 0. The average molecular weight is 268 g/mol. The van der Waals surface area contributed by atoms with Crippen molar-refractivity contribution in [2.24, 2.45) is 0 Å². The predicted octanol–water partition coefficient (Wildman–Crippen LogP) is 3.04. The van der Waals surface area contributed by atoms with Gasteiger partial charge in [-0.15, -0.1) is 0 Å². The Kier molecular flexibility index (Phi) is 3.08. The summed E-state index contributed by atoms with van der Waals surface area (Å²) in [6.07, 6.45) is 0.583. The number of nitrogens with zero attached hydrogens (tertiary/aromatic N) is 1. The van der Waals surface area contributed by atoms with Gasteiger partial charge in [0.1, 0.15) is 11.9 Å². The lowest BCUT2D eigenvalue weighted by molar-refractivity contribution is 0.220. The van der Waals surface area contributed by atoms with Crippen LogP contribution in [0.2, 0.25) is 0 Å². The van der Waals surface area contributed by atoms with Crippen LogP contribution in [-0.2, 0) is 0 Å². The molecular weight excluding hydrogens is 255 g/mol. The van der Waals surface area contributed by atoms with E-state index in [-0.39, 0.29) is 0 Å². The first-order chi connectivity index (χ1) is 9.65. The summed E-state index contributed by atoms with van der Waals surface area (Å²) < 4.78 is 13.3. The van der Waals surface area contributed by atoms with E-state index in [0.717, 1.165) is 10.9 Å². The van der Waals surface area contributed by atoms with E-state index in [0.29, 0.717) is 16.8 Å². The van der Waals surface area contributed by atoms with Crippen LogP contribution >= 0.6 is 0 Å². The first-order valence-electron chi connectivity index (χ1n) is 6.23. The van der Waals surface area contributed by atoms with Gasteiger partial charge in [0.25, 0.3) is 0 Å². The zero-order chi connectivity index (χ0) is 14.1. The highest BCUT2D eigenvalue weighted by atomic mass is 19.1. The summed E-state index contributed by atoms with van der Waals surface area (Å²) >= 11 is 0. The second-order valence-corrected chi connectivity index (χ2v) is 4.64. The van der Waals surface area contributed by atoms with Crippen molar-refractivity contribution in [3.8, 4) is 0 Å². The largest absolute Gasteiger partial charge is 0.398 e. The molecule has 3 aromatic rings. The lowest BCUT2D eigenvalue weighted by Gasteiger charge is -2.14. The predicted molar refractivity (Wildman–Crippen MR) is 76.6 cm³/mol. The van der Waals surface area contributed by atoms with Crippen molar-refractivity contribution in [1.82, 2.24) is 4.98 Å². The summed E-state index contributed by atoms with van der Waals surface area (Å²) in [5, 5.41) is 11.3. The van der Waals surface area contributed by atoms with Gasteiger partial charge in [-0.05, 0) is 30.3 Å². The molecule has 1 atom stereocenters. The molecule has 0 radical (unpaired) electrons. The van der Waals surface area contributed by atoms with E-state index < -0.39 is 11.9 Å². The van der Waals surface area contributed by atoms with Gasteiger partial charge in [-0.1, -0.05) is 18.2 Å². The molecule has 0 aliphatic rings. The highest BCUT2D eigenvalue weighted by molar-refractivity contribution is 5.79. The number of hydrogen-bond donors (Lipinski definition) is 2. The van der Waals surface area contributed by atoms with Gasteiger partial charge < -0.3 is 10.8 Å². The molecule has 3 rings (SSSR count). The van der Waals surface area contributed by atoms with Crippen molar-refractivity contribution in [3.63, 3.8) is 0 Å². The van der Waals surface area contributed by atoms with E-state index >= 15 is 0 Å². The number of aliphatic hydroxyl groups is 1. The fraction of sp³-hybridized carbons (Fsp3) is 0.0625. The molecule has 1 aromatic heterocycles. The van der Waals surface area contributed by atoms with Crippen molar-refractivity contribution >= 4 is 16.6 Å². The molecule has 100 valence electrons. The lowest BCUT2D eigenvalue weighted by Crippen LogP contribution is -2.05. The van der Waals surface area contributed by atoms with Gasteiger partial charge in [0, 0.05) is 28.4 Å². The Hall–Kier alpha value is -2.46. The van der Waals surface area contributed by atoms with Crippen LogP contribution in [0.3, 0.4) is 0 Å². The van der Waals surface area contributed by atoms with Crippen LogP contribution in [-0.4, -0.2) is 10.1 Å². The van der Waals surface area contributed by atoms with Gasteiger partial charge >= 0.3 is 0 Å². The van der Waals surface area contributed by atoms with E-state index in [2.05, 4.69) is 4.98 Å². The van der Waals surface area contributed by atoms with E-state index in [1.54, 1.807) is 6.20 Å². The van der Waals surface area contributed by atoms with Crippen LogP contribution in [0.5, 0.6) is 0 Å². The average Bonchev–Trinajstić information content (AvgIpc) is 2.48. The van der Waals surface area contributed by atoms with E-state index in [1.165, 1.54) is 18.2 Å². The second-order valence-electron chi connectivity index (χ2n) is 4.64. The van der Waals surface area contributed by atoms with Crippen molar-refractivity contribution in [2.45, 2.75) is 6.10 Å². The highest BCUT2D eigenvalue weighted by Gasteiger charge is 2.15. The molecule has 3 N–H and O–H groups in total. The standard InChI is InChI=1S/C16H13FN2O/c17-12-5-6-14(18)13(8-12)16(20)11-7-10-3-1-2-4-15(10)19-9-11/h1-9,16,20H,18H2. The molecule has 0 fully saturated rings. The number of nitrogen functional groups attached to an aromatic ring is 1. The Labute approximate surface area is 115 Å². The summed E-state index contributed by atoms with van der Waals surface area (Å²) in [6, 6.07) is 13.4. The Balaban J connectivity index is 2.07. The Morgan fingerprint density at radius 2 is 1.90 bits per heavy atom. The molecule has 1 heterocycles. The fourth-order valence-corrected chi connectivity index (χ4v) is 2.20. The van der Waals surface area contributed by atoms with Crippen molar-refractivity contribution in [2.75, 3.05) is 5.73 Å². The Morgan fingerprint density at radius 1 is 1.10 bits per heavy atom. The number of rotatable bonds is 2. The molecule has 0 saturated heterocycles. The number of fused-ring (bicyclic) bond motifs is 1. The smallest absolute Gasteiger partial charge is 0.123 e. The molecule has 20 heavy (non-hydrogen) atoms. The van der Waals surface area contributed by atoms with Crippen molar-refractivity contribution in [3.05, 3.63) is 71.7 Å². The number of pyridine rings is 1. The number of anilines is 1. The van der Waals surface area contributed by atoms with E-state index in [1.807, 2.05) is 30.3 Å². The maximum atomic E-state index is 13.3. The maximum absolute atomic E-state index is 13.3. The number of para-hydroxylation sites is 1. The third-order valence-corrected chi connectivity index (χ3v) is 3.27. The summed E-state index contributed by atoms with van der Waals surface area (Å²) in [5.74, 6) is -0.429. The van der Waals surface area contributed by atoms with Crippen LogP contribution in [0.1, 0.15) is 17.2 Å². The third kappa shape index (κ3) is 2.21. The molecule has 0 aliphatic heterocycles. The highest BCUT2D eigenvalue weighted by Crippen LogP contribution is 2.28. The van der Waals surface area contributed by atoms with E-state index in [9.17, 15) is 9.50 Å². The molecule has 0 spiro atoms. The number of benzene rings is 2. The monoisotopic (exact) mass is 268 g/mol. The van der Waals surface area contributed by atoms with Gasteiger partial charge in [-0.3, -0.25) is 4.98 Å². The molecule has 2 aromatic carbocycles. The fourth-order valence-electron chi connectivity index (χ4n) is 2.20. The van der Waals surface area contributed by atoms with Crippen LogP contribution in [0, 0.1) is 5.82 Å². The quantitative estimate of drug-likeness (QED) is 0.702. The second kappa shape index (κ2) is 4.90. The number of nitrogens with two attached hydrogens (primary N) is 1. The van der Waals surface area contributed by atoms with Crippen molar-refractivity contribution < 1.29 is 9.50 Å². The summed E-state index contributed by atoms with van der Waals surface area (Å²) in [5.41, 5.74) is 7.92. The Morgan fingerprint density at radius 3 is 2.75 bits per heavy atom. The minimum absolute atomic E-state index is 0.349. The number of aliphatic hydroxyl groups excluding tert-OH is 1. The number of hydrogen-bond acceptors (Lipinski definition) is 3. The van der Waals surface area contributed by atoms with Crippen LogP contribution in [0.15, 0.2) is 54.7 Å². The molecule has 1 unspecified atom stereocenters. The van der Waals surface area contributed by atoms with Gasteiger partial charge in [0.05, 0.1) is 5.52 Å². The van der Waals surface area contributed by atoms with Crippen LogP contribution in [0.25, 0.3) is 10.9 Å². The number of aromatic nitrogens is 1. The first kappa shape index (κ1) is 12.6. The summed E-state index contributed by atoms with van der Waals surface area (Å²) in [4.78, 5) is 4.29. The molecule has 0 amide bonds. The van der Waals surface area contributed by atoms with Gasteiger partial charge in [0.15, 0.2) is 0 Å². The molecular formula is C16H13FN2O.